The van der Waals surface area contributed by atoms with Crippen LogP contribution >= 0.6 is 0 Å². The second-order valence-electron chi connectivity index (χ2n) is 3.65. The van der Waals surface area contributed by atoms with Crippen molar-refractivity contribution in [2.24, 2.45) is 0 Å². The summed E-state index contributed by atoms with van der Waals surface area (Å²) >= 11 is 0. The summed E-state index contributed by atoms with van der Waals surface area (Å²) in [6, 6.07) is 1.56. The molecule has 2 unspecified atom stereocenters. The van der Waals surface area contributed by atoms with Crippen LogP contribution in [0.1, 0.15) is 32.1 Å². The molecule has 2 fully saturated rings. The molecular formula is C9H15N. The van der Waals surface area contributed by atoms with Crippen LogP contribution < -0.4 is 5.32 Å². The van der Waals surface area contributed by atoms with Crippen LogP contribution in [0.15, 0.2) is 12.2 Å². The Morgan fingerprint density at radius 3 is 2.40 bits per heavy atom. The van der Waals surface area contributed by atoms with Gasteiger partial charge in [0.25, 0.3) is 0 Å². The molecule has 1 N–H and O–H groups in total. The van der Waals surface area contributed by atoms with Gasteiger partial charge in [-0.3, -0.25) is 0 Å². The summed E-state index contributed by atoms with van der Waals surface area (Å²) < 4.78 is 0. The number of fused-ring (bicyclic) bond motifs is 2. The van der Waals surface area contributed by atoms with Crippen LogP contribution in [-0.4, -0.2) is 12.1 Å². The van der Waals surface area contributed by atoms with Crippen LogP contribution in [-0.2, 0) is 0 Å². The normalized spacial score (nSPS) is 39.8. The average molecular weight is 137 g/mol. The third-order valence-corrected chi connectivity index (χ3v) is 2.65. The summed E-state index contributed by atoms with van der Waals surface area (Å²) in [5.74, 6) is 0. The number of hydrogen-bond donors (Lipinski definition) is 1. The fourth-order valence-electron chi connectivity index (χ4n) is 2.21. The topological polar surface area (TPSA) is 12.0 Å². The monoisotopic (exact) mass is 137 g/mol. The molecule has 10 heavy (non-hydrogen) atoms. The van der Waals surface area contributed by atoms with E-state index in [0.717, 1.165) is 12.1 Å². The molecule has 0 amide bonds. The van der Waals surface area contributed by atoms with Crippen molar-refractivity contribution in [1.29, 1.82) is 0 Å². The van der Waals surface area contributed by atoms with Crippen molar-refractivity contribution in [1.82, 2.24) is 5.32 Å². The number of piperidine rings is 2. The molecule has 0 aromatic rings. The van der Waals surface area contributed by atoms with Gasteiger partial charge in [0, 0.05) is 12.1 Å². The largest absolute Gasteiger partial charge is 0.311 e. The van der Waals surface area contributed by atoms with E-state index in [1.165, 1.54) is 37.7 Å². The predicted molar refractivity (Wildman–Crippen MR) is 42.9 cm³/mol. The van der Waals surface area contributed by atoms with Crippen LogP contribution in [0.5, 0.6) is 0 Å². The molecule has 2 aliphatic heterocycles. The molecule has 1 nitrogen and oxygen atoms in total. The van der Waals surface area contributed by atoms with Gasteiger partial charge in [0.2, 0.25) is 0 Å². The molecule has 0 aliphatic carbocycles. The molecule has 0 saturated carbocycles. The molecule has 2 saturated heterocycles. The van der Waals surface area contributed by atoms with Gasteiger partial charge in [-0.25, -0.2) is 0 Å². The van der Waals surface area contributed by atoms with Crippen molar-refractivity contribution >= 4 is 0 Å². The van der Waals surface area contributed by atoms with Crippen molar-refractivity contribution in [3.8, 4) is 0 Å². The van der Waals surface area contributed by atoms with Gasteiger partial charge in [0.1, 0.15) is 0 Å². The Labute approximate surface area is 62.5 Å². The highest BCUT2D eigenvalue weighted by atomic mass is 15.0. The van der Waals surface area contributed by atoms with E-state index in [4.69, 9.17) is 0 Å². The standard InChI is InChI=1S/C9H15N/c1-7-5-8-3-2-4-9(6-7)10-8/h8-10H,1-6H2. The third-order valence-electron chi connectivity index (χ3n) is 2.65. The van der Waals surface area contributed by atoms with Gasteiger partial charge in [-0.1, -0.05) is 18.6 Å². The van der Waals surface area contributed by atoms with Crippen molar-refractivity contribution in [2.45, 2.75) is 44.2 Å². The second kappa shape index (κ2) is 2.39. The molecule has 1 heteroatoms. The van der Waals surface area contributed by atoms with E-state index in [1.54, 1.807) is 0 Å². The Morgan fingerprint density at radius 2 is 1.80 bits per heavy atom. The van der Waals surface area contributed by atoms with E-state index in [2.05, 4.69) is 11.9 Å². The lowest BCUT2D eigenvalue weighted by molar-refractivity contribution is 0.283. The van der Waals surface area contributed by atoms with Gasteiger partial charge in [0.05, 0.1) is 0 Å². The minimum atomic E-state index is 0.778. The zero-order valence-corrected chi connectivity index (χ0v) is 6.40. The zero-order valence-electron chi connectivity index (χ0n) is 6.40. The second-order valence-corrected chi connectivity index (χ2v) is 3.65. The SMILES string of the molecule is C=C1CC2CCCC(C1)N2. The van der Waals surface area contributed by atoms with Gasteiger partial charge in [0.15, 0.2) is 0 Å². The summed E-state index contributed by atoms with van der Waals surface area (Å²) in [5.41, 5.74) is 1.47. The van der Waals surface area contributed by atoms with Gasteiger partial charge in [-0.05, 0) is 25.7 Å². The van der Waals surface area contributed by atoms with E-state index in [-0.39, 0.29) is 0 Å². The smallest absolute Gasteiger partial charge is 0.0107 e. The van der Waals surface area contributed by atoms with Crippen molar-refractivity contribution in [3.05, 3.63) is 12.2 Å². The summed E-state index contributed by atoms with van der Waals surface area (Å²) in [6.45, 7) is 4.06. The number of nitrogens with one attached hydrogen (secondary N) is 1. The Bertz CT molecular complexity index is 137. The van der Waals surface area contributed by atoms with Crippen molar-refractivity contribution in [3.63, 3.8) is 0 Å². The van der Waals surface area contributed by atoms with E-state index in [9.17, 15) is 0 Å². The Balaban J connectivity index is 2.05. The van der Waals surface area contributed by atoms with Gasteiger partial charge in [-0.2, -0.15) is 0 Å². The number of rotatable bonds is 0. The molecule has 0 aromatic heterocycles. The lowest BCUT2D eigenvalue weighted by atomic mass is 9.85. The van der Waals surface area contributed by atoms with E-state index in [0.29, 0.717) is 0 Å². The maximum absolute atomic E-state index is 4.06. The first-order valence-corrected chi connectivity index (χ1v) is 4.27. The van der Waals surface area contributed by atoms with Crippen LogP contribution in [0, 0.1) is 0 Å². The van der Waals surface area contributed by atoms with E-state index in [1.807, 2.05) is 0 Å². The molecule has 0 aromatic carbocycles. The maximum atomic E-state index is 4.06. The molecule has 0 spiro atoms. The quantitative estimate of drug-likeness (QED) is 0.502. The highest BCUT2D eigenvalue weighted by molar-refractivity contribution is 5.07. The highest BCUT2D eigenvalue weighted by Gasteiger charge is 2.26. The van der Waals surface area contributed by atoms with Crippen LogP contribution in [0.25, 0.3) is 0 Å². The van der Waals surface area contributed by atoms with Crippen molar-refractivity contribution < 1.29 is 0 Å². The Hall–Kier alpha value is -0.300. The third kappa shape index (κ3) is 1.10. The first-order valence-electron chi connectivity index (χ1n) is 4.27. The summed E-state index contributed by atoms with van der Waals surface area (Å²) in [6.07, 6.45) is 6.63. The van der Waals surface area contributed by atoms with Gasteiger partial charge in [-0.15, -0.1) is 0 Å². The molecule has 2 atom stereocenters. The first kappa shape index (κ1) is 6.41. The van der Waals surface area contributed by atoms with Crippen LogP contribution in [0.2, 0.25) is 0 Å². The summed E-state index contributed by atoms with van der Waals surface area (Å²) in [5, 5.41) is 3.62. The van der Waals surface area contributed by atoms with Gasteiger partial charge >= 0.3 is 0 Å². The average Bonchev–Trinajstić information content (AvgIpc) is 1.85. The Morgan fingerprint density at radius 1 is 1.20 bits per heavy atom. The maximum Gasteiger partial charge on any atom is 0.0107 e. The molecule has 2 aliphatic rings. The molecule has 2 rings (SSSR count). The first-order chi connectivity index (χ1) is 4.84. The fourth-order valence-corrected chi connectivity index (χ4v) is 2.21. The number of hydrogen-bond acceptors (Lipinski definition) is 1. The van der Waals surface area contributed by atoms with E-state index >= 15 is 0 Å². The molecule has 2 heterocycles. The van der Waals surface area contributed by atoms with E-state index < -0.39 is 0 Å². The predicted octanol–water partition coefficient (Wildman–Crippen LogP) is 1.85. The fraction of sp³-hybridized carbons (Fsp3) is 0.778. The minimum Gasteiger partial charge on any atom is -0.311 e. The van der Waals surface area contributed by atoms with Gasteiger partial charge < -0.3 is 5.32 Å². The molecule has 56 valence electrons. The summed E-state index contributed by atoms with van der Waals surface area (Å²) in [7, 11) is 0. The summed E-state index contributed by atoms with van der Waals surface area (Å²) in [4.78, 5) is 0. The van der Waals surface area contributed by atoms with Crippen LogP contribution in [0.4, 0.5) is 0 Å². The zero-order chi connectivity index (χ0) is 6.97. The minimum absolute atomic E-state index is 0.778. The van der Waals surface area contributed by atoms with Crippen LogP contribution in [0.3, 0.4) is 0 Å². The lowest BCUT2D eigenvalue weighted by Gasteiger charge is -2.37. The highest BCUT2D eigenvalue weighted by Crippen LogP contribution is 2.27. The van der Waals surface area contributed by atoms with Crippen molar-refractivity contribution in [2.75, 3.05) is 0 Å². The lowest BCUT2D eigenvalue weighted by Crippen LogP contribution is -2.46. The molecule has 2 bridgehead atoms. The molecule has 0 radical (unpaired) electrons. The Kier molecular flexibility index (Phi) is 1.53. The molecular weight excluding hydrogens is 122 g/mol.